The van der Waals surface area contributed by atoms with E-state index in [9.17, 15) is 24.3 Å². The molecule has 2 unspecified atom stereocenters. The van der Waals surface area contributed by atoms with E-state index in [4.69, 9.17) is 37.6 Å². The van der Waals surface area contributed by atoms with Crippen LogP contribution in [0, 0.1) is 28.1 Å². The van der Waals surface area contributed by atoms with Gasteiger partial charge in [0.2, 0.25) is 5.60 Å². The zero-order valence-electron chi connectivity index (χ0n) is 31.2. The van der Waals surface area contributed by atoms with Crippen molar-refractivity contribution >= 4 is 23.9 Å². The first kappa shape index (κ1) is 35.5. The van der Waals surface area contributed by atoms with Crippen molar-refractivity contribution in [1.82, 2.24) is 0 Å². The summed E-state index contributed by atoms with van der Waals surface area (Å²) in [6.07, 6.45) is 3.57. The highest BCUT2D eigenvalue weighted by molar-refractivity contribution is 5.88. The predicted molar refractivity (Wildman–Crippen MR) is 177 cm³/mol. The Bertz CT molecular complexity index is 1830. The maximum Gasteiger partial charge on any atom is 0.333 e. The summed E-state index contributed by atoms with van der Waals surface area (Å²) in [6.45, 7) is 14.1. The summed E-state index contributed by atoms with van der Waals surface area (Å²) in [5, 5.41) is 13.8. The SMILES string of the molecule is C/C=C(\C)C(=O)O[C@H]1[C@@]2(C)C[C@]3(O)[C@@]1(OC(C)=O)[C@H]1OC4(C(C)CC)O[C@@]5(CC[C@]6(C)C(=CC(=O)O[C@H]6c6ccoc6)[C@@]15O4)[C@]3(C)[C@H]2CC(=O)OC. The molecule has 0 radical (unpaired) electrons. The van der Waals surface area contributed by atoms with Crippen LogP contribution in [0.25, 0.3) is 0 Å². The Kier molecular flexibility index (Phi) is 7.22. The van der Waals surface area contributed by atoms with Crippen LogP contribution in [0.15, 0.2) is 46.3 Å². The van der Waals surface area contributed by atoms with E-state index in [-0.39, 0.29) is 19.3 Å². The van der Waals surface area contributed by atoms with Gasteiger partial charge in [0.1, 0.15) is 23.4 Å². The van der Waals surface area contributed by atoms with Gasteiger partial charge in [0.15, 0.2) is 11.7 Å². The van der Waals surface area contributed by atoms with E-state index < -0.39 is 98.6 Å². The van der Waals surface area contributed by atoms with Crippen molar-refractivity contribution in [2.45, 2.75) is 134 Å². The zero-order chi connectivity index (χ0) is 37.7. The number of rotatable bonds is 8. The zero-order valence-corrected chi connectivity index (χ0v) is 31.2. The van der Waals surface area contributed by atoms with Crippen LogP contribution in [-0.4, -0.2) is 76.7 Å². The number of esters is 4. The van der Waals surface area contributed by atoms with Crippen LogP contribution in [-0.2, 0) is 52.3 Å². The predicted octanol–water partition coefficient (Wildman–Crippen LogP) is 4.76. The summed E-state index contributed by atoms with van der Waals surface area (Å²) < 4.78 is 51.5. The smallest absolute Gasteiger partial charge is 0.333 e. The molecule has 7 aliphatic rings. The summed E-state index contributed by atoms with van der Waals surface area (Å²) in [5.74, 6) is -5.54. The van der Waals surface area contributed by atoms with E-state index in [0.717, 1.165) is 0 Å². The quantitative estimate of drug-likeness (QED) is 0.222. The summed E-state index contributed by atoms with van der Waals surface area (Å²) in [7, 11) is 1.30. The molecule has 13 heteroatoms. The number of cyclic esters (lactones) is 1. The lowest BCUT2D eigenvalue weighted by atomic mass is 9.34. The molecule has 4 bridgehead atoms. The number of allylic oxidation sites excluding steroid dienone is 1. The van der Waals surface area contributed by atoms with Gasteiger partial charge in [-0.05, 0) is 57.1 Å². The molecule has 3 aliphatic heterocycles. The number of carbonyl (C=O) groups is 4. The molecule has 1 N–H and O–H groups in total. The normalized spacial score (nSPS) is 48.3. The molecule has 13 atom stereocenters. The fourth-order valence-electron chi connectivity index (χ4n) is 12.3. The van der Waals surface area contributed by atoms with Crippen LogP contribution in [0.5, 0.6) is 0 Å². The number of carbonyl (C=O) groups excluding carboxylic acids is 4. The first-order valence-corrected chi connectivity index (χ1v) is 18.2. The van der Waals surface area contributed by atoms with Crippen LogP contribution < -0.4 is 0 Å². The molecule has 4 heterocycles. The minimum atomic E-state index is -2.10. The number of ether oxygens (including phenoxy) is 7. The van der Waals surface area contributed by atoms with Crippen molar-refractivity contribution < 1.29 is 61.9 Å². The van der Waals surface area contributed by atoms with Crippen molar-refractivity contribution in [1.29, 1.82) is 0 Å². The summed E-state index contributed by atoms with van der Waals surface area (Å²) in [6, 6.07) is 1.75. The Morgan fingerprint density at radius 3 is 2.48 bits per heavy atom. The third-order valence-corrected chi connectivity index (χ3v) is 14.8. The molecule has 2 saturated heterocycles. The molecule has 8 rings (SSSR count). The number of furan rings is 1. The average Bonchev–Trinajstić information content (AvgIpc) is 3.89. The second-order valence-electron chi connectivity index (χ2n) is 16.7. The minimum absolute atomic E-state index is 0.0361. The third-order valence-electron chi connectivity index (χ3n) is 14.8. The Balaban J connectivity index is 1.49. The number of aliphatic hydroxyl groups is 1. The number of fused-ring (bicyclic) bond motifs is 4. The Morgan fingerprint density at radius 2 is 1.87 bits per heavy atom. The molecule has 0 aromatic carbocycles. The van der Waals surface area contributed by atoms with E-state index in [1.165, 1.54) is 32.6 Å². The minimum Gasteiger partial charge on any atom is -0.472 e. The van der Waals surface area contributed by atoms with Gasteiger partial charge in [0, 0.05) is 52.7 Å². The van der Waals surface area contributed by atoms with Crippen molar-refractivity contribution in [3.63, 3.8) is 0 Å². The average molecular weight is 725 g/mol. The second-order valence-corrected chi connectivity index (χ2v) is 16.7. The Hall–Kier alpha value is -3.52. The Labute approximate surface area is 302 Å². The van der Waals surface area contributed by atoms with E-state index in [0.29, 0.717) is 29.6 Å². The molecule has 13 nitrogen and oxygen atoms in total. The fourth-order valence-corrected chi connectivity index (χ4v) is 12.3. The summed E-state index contributed by atoms with van der Waals surface area (Å²) >= 11 is 0. The molecule has 1 spiro atoms. The standard InChI is InChI=1S/C39H48O13/c1-10-20(3)29(43)48-30-33(7)19-35(44)34(8,24(33)16-26(41)45-9)36-14-13-32(6)25(17-27(42)47-28(32)23-12-15-46-18-23)37(36)31(38(30,35)49-22(5)40)50-39(51-36,52-37)21(4)11-2/h10,12,15,17-18,21,24,28,30-31,44H,11,13-14,16,19H2,1-9H3/b20-10+/t21?,24-,28-,30-,31-,32+,33-,34+,35+,36-,37+,38-,39?/m0/s1. The highest BCUT2D eigenvalue weighted by Gasteiger charge is 3.03. The van der Waals surface area contributed by atoms with Crippen molar-refractivity contribution in [2.75, 3.05) is 7.11 Å². The van der Waals surface area contributed by atoms with Gasteiger partial charge in [-0.2, -0.15) is 0 Å². The third kappa shape index (κ3) is 3.55. The van der Waals surface area contributed by atoms with Gasteiger partial charge < -0.3 is 42.7 Å². The molecule has 6 fully saturated rings. The summed E-state index contributed by atoms with van der Waals surface area (Å²) in [4.78, 5) is 54.8. The molecule has 4 saturated carbocycles. The van der Waals surface area contributed by atoms with Crippen LogP contribution in [0.3, 0.4) is 0 Å². The number of methoxy groups -OCH3 is 1. The van der Waals surface area contributed by atoms with Crippen LogP contribution >= 0.6 is 0 Å². The monoisotopic (exact) mass is 724 g/mol. The van der Waals surface area contributed by atoms with Crippen LogP contribution in [0.1, 0.15) is 99.2 Å². The first-order chi connectivity index (χ1) is 24.4. The maximum absolute atomic E-state index is 13.9. The molecular weight excluding hydrogens is 676 g/mol. The van der Waals surface area contributed by atoms with Crippen molar-refractivity contribution in [2.24, 2.45) is 28.1 Å². The molecule has 1 aromatic rings. The molecule has 0 amide bonds. The van der Waals surface area contributed by atoms with Gasteiger partial charge in [-0.3, -0.25) is 9.59 Å². The lowest BCUT2D eigenvalue weighted by molar-refractivity contribution is -0.454. The van der Waals surface area contributed by atoms with Crippen molar-refractivity contribution in [3.05, 3.63) is 47.5 Å². The lowest BCUT2D eigenvalue weighted by Gasteiger charge is -2.75. The van der Waals surface area contributed by atoms with Gasteiger partial charge in [-0.1, -0.05) is 40.7 Å². The van der Waals surface area contributed by atoms with Crippen LogP contribution in [0.2, 0.25) is 0 Å². The largest absolute Gasteiger partial charge is 0.472 e. The van der Waals surface area contributed by atoms with E-state index in [1.54, 1.807) is 26.0 Å². The van der Waals surface area contributed by atoms with E-state index in [1.807, 2.05) is 34.6 Å². The van der Waals surface area contributed by atoms with Gasteiger partial charge in [-0.25, -0.2) is 9.59 Å². The lowest BCUT2D eigenvalue weighted by Crippen LogP contribution is -2.92. The molecule has 52 heavy (non-hydrogen) atoms. The molecular formula is C39H48O13. The molecule has 282 valence electrons. The topological polar surface area (TPSA) is 166 Å². The second kappa shape index (κ2) is 10.6. The fraction of sp³-hybridized carbons (Fsp3) is 0.692. The van der Waals surface area contributed by atoms with Crippen molar-refractivity contribution in [3.8, 4) is 0 Å². The van der Waals surface area contributed by atoms with E-state index in [2.05, 4.69) is 0 Å². The van der Waals surface area contributed by atoms with Gasteiger partial charge in [0.25, 0.3) is 5.97 Å². The van der Waals surface area contributed by atoms with Crippen LogP contribution in [0.4, 0.5) is 0 Å². The van der Waals surface area contributed by atoms with Gasteiger partial charge >= 0.3 is 23.9 Å². The summed E-state index contributed by atoms with van der Waals surface area (Å²) in [5.41, 5.74) is -9.45. The molecule has 1 aromatic heterocycles. The number of hydrogen-bond acceptors (Lipinski definition) is 13. The highest BCUT2D eigenvalue weighted by Crippen LogP contribution is 2.88. The number of hydrogen-bond donors (Lipinski definition) is 1. The van der Waals surface area contributed by atoms with E-state index >= 15 is 0 Å². The highest BCUT2D eigenvalue weighted by atomic mass is 17.0. The Morgan fingerprint density at radius 1 is 1.13 bits per heavy atom. The molecule has 4 aliphatic carbocycles. The first-order valence-electron chi connectivity index (χ1n) is 18.2. The van der Waals surface area contributed by atoms with Gasteiger partial charge in [0.05, 0.1) is 19.6 Å². The van der Waals surface area contributed by atoms with Gasteiger partial charge in [-0.15, -0.1) is 0 Å². The maximum atomic E-state index is 13.9.